The van der Waals surface area contributed by atoms with Gasteiger partial charge in [-0.2, -0.15) is 0 Å². The summed E-state index contributed by atoms with van der Waals surface area (Å²) < 4.78 is 22.2. The number of carbonyl (C=O) groups excluding carboxylic acids is 3. The number of rotatable bonds is 12. The second-order valence-electron chi connectivity index (χ2n) is 16.7. The molecule has 3 N–H and O–H groups in total. The van der Waals surface area contributed by atoms with Crippen molar-refractivity contribution in [1.82, 2.24) is 35.1 Å². The van der Waals surface area contributed by atoms with Gasteiger partial charge < -0.3 is 44.0 Å². The van der Waals surface area contributed by atoms with Gasteiger partial charge in [-0.3, -0.25) is 9.59 Å². The number of carbonyl (C=O) groups is 3. The lowest BCUT2D eigenvalue weighted by molar-refractivity contribution is -0.136. The summed E-state index contributed by atoms with van der Waals surface area (Å²) in [5.74, 6) is 2.64. The highest BCUT2D eigenvalue weighted by molar-refractivity contribution is 6.07. The summed E-state index contributed by atoms with van der Waals surface area (Å²) in [6.45, 7) is 10.2. The van der Waals surface area contributed by atoms with Crippen LogP contribution in [-0.4, -0.2) is 101 Å². The normalized spacial score (nSPS) is 21.5. The van der Waals surface area contributed by atoms with Crippen molar-refractivity contribution in [3.63, 3.8) is 0 Å². The Morgan fingerprint density at radius 3 is 2.54 bits per heavy atom. The van der Waals surface area contributed by atoms with Gasteiger partial charge in [0.1, 0.15) is 30.0 Å². The molecule has 0 spiro atoms. The highest BCUT2D eigenvalue weighted by Crippen LogP contribution is 2.44. The number of alkyl carbamates (subject to hydrolysis) is 1. The Hall–Kier alpha value is -5.47. The first kappa shape index (κ1) is 40.3. The number of methoxy groups -OCH3 is 3. The number of benzene rings is 3. The number of imidazole rings is 2. The van der Waals surface area contributed by atoms with E-state index in [0.29, 0.717) is 32.7 Å². The predicted octanol–water partition coefficient (Wildman–Crippen LogP) is 7.31. The van der Waals surface area contributed by atoms with Gasteiger partial charge in [0.15, 0.2) is 0 Å². The van der Waals surface area contributed by atoms with Gasteiger partial charge in [0, 0.05) is 44.2 Å². The van der Waals surface area contributed by atoms with Crippen molar-refractivity contribution >= 4 is 39.7 Å². The van der Waals surface area contributed by atoms with E-state index in [1.165, 1.54) is 7.11 Å². The number of amides is 3. The van der Waals surface area contributed by atoms with Crippen LogP contribution in [0.3, 0.4) is 0 Å². The van der Waals surface area contributed by atoms with Gasteiger partial charge in [-0.25, -0.2) is 14.8 Å². The standard InChI is InChI=1S/C45H55N7O7/c1-8-25(3)40(50-45(55)58-7)44(54)52-20-24(2)13-36(52)42-46-19-35(48-42)29-9-11-31-30(16-29)23-59-38-18-32-28(17-33(31)38)10-12-34-41(32)49-43(47-34)37-15-27(22-56-5)21-51(37)39(53)14-26(4)57-6/h9-12,16-19,24-27,36-37,40H,8,13-15,20-23H2,1-7H3,(H,46,48)(H,47,49)(H,50,55)/t24-,25-,26?,27?,36-,37-,40?/m0/s1. The zero-order valence-corrected chi connectivity index (χ0v) is 35.0. The molecule has 14 heteroatoms. The first-order valence-electron chi connectivity index (χ1n) is 20.7. The average molecular weight is 806 g/mol. The van der Waals surface area contributed by atoms with Crippen molar-refractivity contribution in [3.8, 4) is 28.1 Å². The molecular weight excluding hydrogens is 751 g/mol. The van der Waals surface area contributed by atoms with Crippen LogP contribution in [0.2, 0.25) is 0 Å². The summed E-state index contributed by atoms with van der Waals surface area (Å²) >= 11 is 0. The van der Waals surface area contributed by atoms with Crippen LogP contribution in [0.5, 0.6) is 5.75 Å². The lowest BCUT2D eigenvalue weighted by atomic mass is 9.92. The summed E-state index contributed by atoms with van der Waals surface area (Å²) in [6.07, 6.45) is 3.61. The van der Waals surface area contributed by atoms with Crippen LogP contribution in [0.25, 0.3) is 44.2 Å². The second-order valence-corrected chi connectivity index (χ2v) is 16.7. The SMILES string of the molecule is CC[C@H](C)C(NC(=O)OC)C(=O)N1C[C@@H](C)C[C@H]1c1ncc(-c2ccc3c(c2)COc2cc4c(ccc5[nH]c([C@@H]6CC(COC)CN6C(=O)CC(C)OC)nc54)cc2-3)[nH]1. The molecule has 0 radical (unpaired) electrons. The van der Waals surface area contributed by atoms with E-state index in [-0.39, 0.29) is 47.8 Å². The quantitative estimate of drug-likeness (QED) is 0.117. The van der Waals surface area contributed by atoms with Gasteiger partial charge in [0.25, 0.3) is 0 Å². The van der Waals surface area contributed by atoms with Crippen LogP contribution in [-0.2, 0) is 30.4 Å². The Bertz CT molecular complexity index is 2370. The number of nitrogens with zero attached hydrogens (tertiary/aromatic N) is 4. The van der Waals surface area contributed by atoms with Crippen molar-refractivity contribution in [2.75, 3.05) is 41.0 Å². The van der Waals surface area contributed by atoms with Crippen molar-refractivity contribution in [2.45, 2.75) is 84.2 Å². The first-order chi connectivity index (χ1) is 28.5. The lowest BCUT2D eigenvalue weighted by Gasteiger charge is -2.30. The minimum Gasteiger partial charge on any atom is -0.488 e. The second kappa shape index (κ2) is 16.6. The number of hydrogen-bond donors (Lipinski definition) is 3. The molecule has 0 aliphatic carbocycles. The van der Waals surface area contributed by atoms with E-state index in [4.69, 9.17) is 28.9 Å². The van der Waals surface area contributed by atoms with Gasteiger partial charge in [-0.15, -0.1) is 0 Å². The number of nitrogens with one attached hydrogen (secondary N) is 3. The lowest BCUT2D eigenvalue weighted by Crippen LogP contribution is -2.51. The van der Waals surface area contributed by atoms with Crippen molar-refractivity contribution < 1.29 is 33.3 Å². The van der Waals surface area contributed by atoms with Crippen LogP contribution in [0, 0.1) is 17.8 Å². The molecule has 14 nitrogen and oxygen atoms in total. The summed E-state index contributed by atoms with van der Waals surface area (Å²) in [6, 6.07) is 13.7. The van der Waals surface area contributed by atoms with Gasteiger partial charge >= 0.3 is 6.09 Å². The molecule has 5 heterocycles. The van der Waals surface area contributed by atoms with E-state index >= 15 is 0 Å². The minimum atomic E-state index is -0.692. The molecular formula is C45H55N7O7. The highest BCUT2D eigenvalue weighted by Gasteiger charge is 2.41. The third-order valence-corrected chi connectivity index (χ3v) is 12.6. The summed E-state index contributed by atoms with van der Waals surface area (Å²) in [7, 11) is 4.63. The molecule has 7 atom stereocenters. The third kappa shape index (κ3) is 7.75. The van der Waals surface area contributed by atoms with E-state index in [9.17, 15) is 14.4 Å². The van der Waals surface area contributed by atoms with E-state index in [0.717, 1.165) is 86.4 Å². The van der Waals surface area contributed by atoms with Gasteiger partial charge in [0.2, 0.25) is 11.8 Å². The largest absolute Gasteiger partial charge is 0.488 e. The fraction of sp³-hybridized carbons (Fsp3) is 0.489. The molecule has 2 aromatic heterocycles. The van der Waals surface area contributed by atoms with Gasteiger partial charge in [-0.05, 0) is 77.9 Å². The van der Waals surface area contributed by atoms with E-state index in [1.54, 1.807) is 14.2 Å². The van der Waals surface area contributed by atoms with Gasteiger partial charge in [-0.1, -0.05) is 45.4 Å². The number of fused-ring (bicyclic) bond motifs is 6. The topological polar surface area (TPSA) is 164 Å². The summed E-state index contributed by atoms with van der Waals surface area (Å²) in [5, 5.41) is 4.80. The molecule has 3 aliphatic rings. The molecule has 0 saturated carbocycles. The number of aromatic amines is 2. The fourth-order valence-electron chi connectivity index (χ4n) is 9.14. The maximum atomic E-state index is 13.9. The third-order valence-electron chi connectivity index (χ3n) is 12.6. The van der Waals surface area contributed by atoms with Gasteiger partial charge in [0.05, 0.1) is 61.2 Å². The molecule has 3 aromatic carbocycles. The average Bonchev–Trinajstić information content (AvgIpc) is 4.07. The molecule has 5 aromatic rings. The first-order valence-corrected chi connectivity index (χ1v) is 20.7. The summed E-state index contributed by atoms with van der Waals surface area (Å²) in [5.41, 5.74) is 6.76. The molecule has 3 aliphatic heterocycles. The van der Waals surface area contributed by atoms with E-state index < -0.39 is 12.1 Å². The molecule has 59 heavy (non-hydrogen) atoms. The molecule has 2 saturated heterocycles. The molecule has 2 fully saturated rings. The van der Waals surface area contributed by atoms with Crippen LogP contribution < -0.4 is 10.1 Å². The monoisotopic (exact) mass is 805 g/mol. The number of hydrogen-bond acceptors (Lipinski definition) is 9. The molecule has 3 unspecified atom stereocenters. The molecule has 0 bridgehead atoms. The zero-order valence-electron chi connectivity index (χ0n) is 35.0. The number of H-pyrrole nitrogens is 2. The fourth-order valence-corrected chi connectivity index (χ4v) is 9.14. The Morgan fingerprint density at radius 2 is 1.78 bits per heavy atom. The number of likely N-dealkylation sites (tertiary alicyclic amines) is 2. The Morgan fingerprint density at radius 1 is 0.966 bits per heavy atom. The van der Waals surface area contributed by atoms with E-state index in [2.05, 4.69) is 64.7 Å². The Balaban J connectivity index is 1.05. The van der Waals surface area contributed by atoms with Crippen molar-refractivity contribution in [2.24, 2.45) is 17.8 Å². The number of aromatic nitrogens is 4. The van der Waals surface area contributed by atoms with Crippen LogP contribution >= 0.6 is 0 Å². The zero-order chi connectivity index (χ0) is 41.5. The van der Waals surface area contributed by atoms with Crippen molar-refractivity contribution in [1.29, 1.82) is 0 Å². The maximum Gasteiger partial charge on any atom is 0.407 e. The predicted molar refractivity (Wildman–Crippen MR) is 223 cm³/mol. The molecule has 312 valence electrons. The van der Waals surface area contributed by atoms with E-state index in [1.807, 2.05) is 36.8 Å². The minimum absolute atomic E-state index is 0.0501. The number of ether oxygens (including phenoxy) is 4. The molecule has 3 amide bonds. The van der Waals surface area contributed by atoms with Crippen LogP contribution in [0.1, 0.15) is 82.7 Å². The highest BCUT2D eigenvalue weighted by atomic mass is 16.5. The Labute approximate surface area is 344 Å². The maximum absolute atomic E-state index is 13.9. The van der Waals surface area contributed by atoms with Crippen LogP contribution in [0.4, 0.5) is 4.79 Å². The smallest absolute Gasteiger partial charge is 0.407 e. The Kier molecular flexibility index (Phi) is 11.4. The molecule has 8 rings (SSSR count). The summed E-state index contributed by atoms with van der Waals surface area (Å²) in [4.78, 5) is 60.4. The van der Waals surface area contributed by atoms with Crippen LogP contribution in [0.15, 0.2) is 48.7 Å². The van der Waals surface area contributed by atoms with Crippen molar-refractivity contribution in [3.05, 3.63) is 65.9 Å².